The molecule has 0 spiro atoms. The van der Waals surface area contributed by atoms with E-state index in [-0.39, 0.29) is 18.2 Å². The van der Waals surface area contributed by atoms with Gasteiger partial charge in [-0.15, -0.1) is 0 Å². The molecule has 0 unspecified atom stereocenters. The number of carbonyl (C=O) groups is 1. The predicted octanol–water partition coefficient (Wildman–Crippen LogP) is -0.550. The Bertz CT molecular complexity index is 479. The van der Waals surface area contributed by atoms with Gasteiger partial charge in [0.2, 0.25) is 5.09 Å². The summed E-state index contributed by atoms with van der Waals surface area (Å²) < 4.78 is 34.3. The smallest absolute Gasteiger partial charge is 0.319 e. The Morgan fingerprint density at radius 1 is 1.47 bits per heavy atom. The van der Waals surface area contributed by atoms with Gasteiger partial charge in [0.25, 0.3) is 10.0 Å². The molecule has 17 heavy (non-hydrogen) atoms. The molecule has 0 saturated carbocycles. The van der Waals surface area contributed by atoms with Crippen LogP contribution in [0.5, 0.6) is 0 Å². The third-order valence-electron chi connectivity index (χ3n) is 1.97. The summed E-state index contributed by atoms with van der Waals surface area (Å²) in [6.07, 6.45) is 0. The van der Waals surface area contributed by atoms with Crippen molar-refractivity contribution >= 4 is 16.0 Å². The lowest BCUT2D eigenvalue weighted by atomic mass is 10.4. The van der Waals surface area contributed by atoms with Crippen molar-refractivity contribution in [3.05, 3.63) is 17.9 Å². The Labute approximate surface area is 99.2 Å². The molecule has 0 atom stereocenters. The Morgan fingerprint density at radius 2 is 2.18 bits per heavy atom. The van der Waals surface area contributed by atoms with Gasteiger partial charge < -0.3 is 9.15 Å². The van der Waals surface area contributed by atoms with Crippen LogP contribution in [0.15, 0.2) is 21.6 Å². The molecule has 0 radical (unpaired) electrons. The molecule has 0 aliphatic carbocycles. The van der Waals surface area contributed by atoms with E-state index in [1.807, 2.05) is 0 Å². The van der Waals surface area contributed by atoms with Crippen LogP contribution >= 0.6 is 0 Å². The van der Waals surface area contributed by atoms with Crippen LogP contribution in [0.25, 0.3) is 0 Å². The first-order valence-corrected chi connectivity index (χ1v) is 6.27. The predicted molar refractivity (Wildman–Crippen MR) is 58.7 cm³/mol. The van der Waals surface area contributed by atoms with Crippen molar-refractivity contribution in [1.82, 2.24) is 10.0 Å². The summed E-state index contributed by atoms with van der Waals surface area (Å²) in [6, 6.07) is 2.87. The largest absolute Gasteiger partial charge is 0.468 e. The summed E-state index contributed by atoms with van der Waals surface area (Å²) in [6.45, 7) is 0.277. The van der Waals surface area contributed by atoms with Crippen LogP contribution in [0.4, 0.5) is 0 Å². The van der Waals surface area contributed by atoms with E-state index in [1.54, 1.807) is 0 Å². The van der Waals surface area contributed by atoms with Crippen LogP contribution in [0.3, 0.4) is 0 Å². The lowest BCUT2D eigenvalue weighted by Gasteiger charge is -2.01. The summed E-state index contributed by atoms with van der Waals surface area (Å²) in [5.41, 5.74) is 0. The Kier molecular flexibility index (Phi) is 4.67. The van der Waals surface area contributed by atoms with Gasteiger partial charge in [-0.05, 0) is 19.2 Å². The lowest BCUT2D eigenvalue weighted by Crippen LogP contribution is -2.23. The molecule has 0 amide bonds. The fourth-order valence-electron chi connectivity index (χ4n) is 1.06. The highest BCUT2D eigenvalue weighted by Crippen LogP contribution is 2.12. The molecule has 0 aliphatic heterocycles. The standard InChI is InChI=1S/C9H14N2O5S/c1-10-17(13,14)9-4-3-7(16-9)5-11-6-8(12)15-2/h3-4,10-11H,5-6H2,1-2H3. The monoisotopic (exact) mass is 262 g/mol. The molecule has 1 rings (SSSR count). The van der Waals surface area contributed by atoms with Crippen LogP contribution in [-0.4, -0.2) is 35.1 Å². The first kappa shape index (κ1) is 13.7. The number of sulfonamides is 1. The maximum absolute atomic E-state index is 11.3. The van der Waals surface area contributed by atoms with E-state index >= 15 is 0 Å². The quantitative estimate of drug-likeness (QED) is 0.668. The molecule has 8 heteroatoms. The molecule has 1 aromatic rings. The van der Waals surface area contributed by atoms with Gasteiger partial charge in [0.05, 0.1) is 20.2 Å². The van der Waals surface area contributed by atoms with Crippen LogP contribution in [0.2, 0.25) is 0 Å². The van der Waals surface area contributed by atoms with Crippen LogP contribution in [0.1, 0.15) is 5.76 Å². The SMILES string of the molecule is CNS(=O)(=O)c1ccc(CNCC(=O)OC)o1. The molecule has 0 aliphatic rings. The van der Waals surface area contributed by atoms with Crippen molar-refractivity contribution in [2.45, 2.75) is 11.6 Å². The second-order valence-corrected chi connectivity index (χ2v) is 4.93. The van der Waals surface area contributed by atoms with Crippen LogP contribution in [-0.2, 0) is 26.1 Å². The summed E-state index contributed by atoms with van der Waals surface area (Å²) in [5, 5.41) is 2.59. The summed E-state index contributed by atoms with van der Waals surface area (Å²) >= 11 is 0. The highest BCUT2D eigenvalue weighted by molar-refractivity contribution is 7.89. The van der Waals surface area contributed by atoms with Gasteiger partial charge in [0.15, 0.2) is 0 Å². The van der Waals surface area contributed by atoms with Crippen molar-refractivity contribution in [2.24, 2.45) is 0 Å². The van der Waals surface area contributed by atoms with E-state index in [4.69, 9.17) is 4.42 Å². The van der Waals surface area contributed by atoms with Crippen LogP contribution in [0, 0.1) is 0 Å². The minimum atomic E-state index is -3.56. The Hall–Kier alpha value is -1.38. The molecule has 0 bridgehead atoms. The second-order valence-electron chi connectivity index (χ2n) is 3.11. The van der Waals surface area contributed by atoms with E-state index in [1.165, 1.54) is 26.3 Å². The minimum absolute atomic E-state index is 0.0330. The third-order valence-corrected chi connectivity index (χ3v) is 3.25. The van der Waals surface area contributed by atoms with Crippen molar-refractivity contribution in [3.8, 4) is 0 Å². The molecule has 0 fully saturated rings. The van der Waals surface area contributed by atoms with E-state index in [0.29, 0.717) is 5.76 Å². The average molecular weight is 262 g/mol. The molecule has 1 aromatic heterocycles. The maximum Gasteiger partial charge on any atom is 0.319 e. The zero-order valence-electron chi connectivity index (χ0n) is 9.52. The van der Waals surface area contributed by atoms with Crippen LogP contribution < -0.4 is 10.0 Å². The van der Waals surface area contributed by atoms with Gasteiger partial charge in [-0.2, -0.15) is 0 Å². The molecule has 0 saturated heterocycles. The first-order chi connectivity index (χ1) is 7.99. The molecule has 96 valence electrons. The molecular formula is C9H14N2O5S. The van der Waals surface area contributed by atoms with Crippen molar-refractivity contribution in [3.63, 3.8) is 0 Å². The van der Waals surface area contributed by atoms with Crippen molar-refractivity contribution < 1.29 is 22.4 Å². The normalized spacial score (nSPS) is 11.4. The summed E-state index contributed by atoms with van der Waals surface area (Å²) in [7, 11) is -0.975. The highest BCUT2D eigenvalue weighted by atomic mass is 32.2. The van der Waals surface area contributed by atoms with Crippen molar-refractivity contribution in [2.75, 3.05) is 20.7 Å². The third kappa shape index (κ3) is 3.84. The van der Waals surface area contributed by atoms with Gasteiger partial charge >= 0.3 is 5.97 Å². The van der Waals surface area contributed by atoms with E-state index in [9.17, 15) is 13.2 Å². The number of rotatable bonds is 6. The highest BCUT2D eigenvalue weighted by Gasteiger charge is 2.16. The lowest BCUT2D eigenvalue weighted by molar-refractivity contribution is -0.139. The number of methoxy groups -OCH3 is 1. The Balaban J connectivity index is 2.55. The van der Waals surface area contributed by atoms with Crippen molar-refractivity contribution in [1.29, 1.82) is 0 Å². The van der Waals surface area contributed by atoms with Gasteiger partial charge in [0, 0.05) is 0 Å². The molecule has 1 heterocycles. The molecule has 2 N–H and O–H groups in total. The number of nitrogens with one attached hydrogen (secondary N) is 2. The van der Waals surface area contributed by atoms with E-state index < -0.39 is 16.0 Å². The summed E-state index contributed by atoms with van der Waals surface area (Å²) in [4.78, 5) is 10.8. The fourth-order valence-corrected chi connectivity index (χ4v) is 1.72. The van der Waals surface area contributed by atoms with Gasteiger partial charge in [0.1, 0.15) is 5.76 Å². The zero-order valence-corrected chi connectivity index (χ0v) is 10.3. The van der Waals surface area contributed by atoms with Gasteiger partial charge in [-0.1, -0.05) is 0 Å². The second kappa shape index (κ2) is 5.80. The molecular weight excluding hydrogens is 248 g/mol. The van der Waals surface area contributed by atoms with E-state index in [2.05, 4.69) is 14.8 Å². The molecule has 7 nitrogen and oxygen atoms in total. The maximum atomic E-state index is 11.3. The number of esters is 1. The number of hydrogen-bond acceptors (Lipinski definition) is 6. The Morgan fingerprint density at radius 3 is 2.76 bits per heavy atom. The average Bonchev–Trinajstić information content (AvgIpc) is 2.78. The fraction of sp³-hybridized carbons (Fsp3) is 0.444. The minimum Gasteiger partial charge on any atom is -0.468 e. The van der Waals surface area contributed by atoms with E-state index in [0.717, 1.165) is 0 Å². The first-order valence-electron chi connectivity index (χ1n) is 4.79. The molecule has 0 aromatic carbocycles. The number of hydrogen-bond donors (Lipinski definition) is 2. The zero-order chi connectivity index (χ0) is 12.9. The number of ether oxygens (including phenoxy) is 1. The number of carbonyl (C=O) groups excluding carboxylic acids is 1. The summed E-state index contributed by atoms with van der Waals surface area (Å²) in [5.74, 6) is 0.0161. The number of furan rings is 1. The topological polar surface area (TPSA) is 97.6 Å². The van der Waals surface area contributed by atoms with Gasteiger partial charge in [-0.3, -0.25) is 10.1 Å². The van der Waals surface area contributed by atoms with Gasteiger partial charge in [-0.25, -0.2) is 13.1 Å².